The molecule has 0 aliphatic rings. The van der Waals surface area contributed by atoms with Crippen molar-refractivity contribution in [2.75, 3.05) is 0 Å². The number of rotatable bonds is 2. The lowest BCUT2D eigenvalue weighted by Crippen LogP contribution is -1.85. The number of aryl methyl sites for hydroxylation is 1. The molecule has 0 aliphatic carbocycles. The molecular weight excluding hydrogens is 258 g/mol. The minimum atomic E-state index is 0.529. The Morgan fingerprint density at radius 3 is 2.06 bits per heavy atom. The number of hydrogen-bond acceptors (Lipinski definition) is 3. The van der Waals surface area contributed by atoms with Gasteiger partial charge in [-0.3, -0.25) is 0 Å². The van der Waals surface area contributed by atoms with Gasteiger partial charge in [-0.15, -0.1) is 22.7 Å². The first-order valence-corrected chi connectivity index (χ1v) is 8.38. The summed E-state index contributed by atoms with van der Waals surface area (Å²) in [5, 5.41) is 3.32. The van der Waals surface area contributed by atoms with Gasteiger partial charge in [-0.25, -0.2) is 4.98 Å². The molecule has 2 aromatic rings. The number of thiazole rings is 1. The Hall–Kier alpha value is -0.670. The fraction of sp³-hybridized carbons (Fsp3) is 0.533. The molecule has 18 heavy (non-hydrogen) atoms. The van der Waals surface area contributed by atoms with Gasteiger partial charge in [0.25, 0.3) is 0 Å². The Morgan fingerprint density at radius 2 is 1.67 bits per heavy atom. The molecule has 0 saturated heterocycles. The van der Waals surface area contributed by atoms with Crippen molar-refractivity contribution in [1.82, 2.24) is 4.98 Å². The van der Waals surface area contributed by atoms with E-state index in [0.29, 0.717) is 5.92 Å². The molecule has 0 spiro atoms. The highest BCUT2D eigenvalue weighted by Gasteiger charge is 2.08. The first kappa shape index (κ1) is 17.3. The van der Waals surface area contributed by atoms with E-state index in [4.69, 9.17) is 0 Å². The van der Waals surface area contributed by atoms with Crippen molar-refractivity contribution in [2.45, 2.75) is 54.4 Å². The summed E-state index contributed by atoms with van der Waals surface area (Å²) in [6, 6.07) is 4.30. The van der Waals surface area contributed by atoms with E-state index >= 15 is 0 Å². The molecular formula is C15H25NS2. The van der Waals surface area contributed by atoms with Gasteiger partial charge in [-0.1, -0.05) is 41.5 Å². The summed E-state index contributed by atoms with van der Waals surface area (Å²) in [5.41, 5.74) is 1.20. The molecule has 0 unspecified atom stereocenters. The second kappa shape index (κ2) is 9.29. The van der Waals surface area contributed by atoms with E-state index in [2.05, 4.69) is 43.3 Å². The Balaban J connectivity index is 0.000000659. The molecule has 2 rings (SSSR count). The third-order valence-electron chi connectivity index (χ3n) is 2.06. The first-order chi connectivity index (χ1) is 8.66. The quantitative estimate of drug-likeness (QED) is 0.625. The minimum Gasteiger partial charge on any atom is -0.240 e. The van der Waals surface area contributed by atoms with E-state index in [-0.39, 0.29) is 0 Å². The van der Waals surface area contributed by atoms with E-state index in [1.165, 1.54) is 15.4 Å². The SMILES string of the molecule is CC.CC.Cc1ccc(-c2nc(C(C)C)cs2)s1. The molecule has 1 nitrogen and oxygen atoms in total. The van der Waals surface area contributed by atoms with Gasteiger partial charge in [0.1, 0.15) is 5.01 Å². The van der Waals surface area contributed by atoms with E-state index in [1.54, 1.807) is 11.3 Å². The molecule has 0 aromatic carbocycles. The maximum atomic E-state index is 4.62. The van der Waals surface area contributed by atoms with Crippen LogP contribution in [0.3, 0.4) is 0 Å². The third-order valence-corrected chi connectivity index (χ3v) is 4.10. The summed E-state index contributed by atoms with van der Waals surface area (Å²) in [6.07, 6.45) is 0. The van der Waals surface area contributed by atoms with Crippen LogP contribution in [0.15, 0.2) is 17.5 Å². The molecule has 2 aromatic heterocycles. The second-order valence-corrected chi connectivity index (χ2v) is 5.79. The Bertz CT molecular complexity index is 427. The summed E-state index contributed by atoms with van der Waals surface area (Å²) in [6.45, 7) is 14.5. The zero-order valence-corrected chi connectivity index (χ0v) is 14.2. The summed E-state index contributed by atoms with van der Waals surface area (Å²) >= 11 is 3.56. The van der Waals surface area contributed by atoms with Gasteiger partial charge in [-0.2, -0.15) is 0 Å². The molecule has 0 radical (unpaired) electrons. The Kier molecular flexibility index (Phi) is 8.94. The van der Waals surface area contributed by atoms with Crippen LogP contribution in [-0.4, -0.2) is 4.98 Å². The molecule has 0 amide bonds. The fourth-order valence-corrected chi connectivity index (χ4v) is 3.13. The van der Waals surface area contributed by atoms with E-state index < -0.39 is 0 Å². The van der Waals surface area contributed by atoms with Crippen molar-refractivity contribution in [2.24, 2.45) is 0 Å². The van der Waals surface area contributed by atoms with Crippen molar-refractivity contribution in [1.29, 1.82) is 0 Å². The van der Waals surface area contributed by atoms with Crippen molar-refractivity contribution in [3.63, 3.8) is 0 Å². The minimum absolute atomic E-state index is 0.529. The molecule has 0 saturated carbocycles. The average molecular weight is 284 g/mol. The van der Waals surface area contributed by atoms with E-state index in [1.807, 2.05) is 39.0 Å². The van der Waals surface area contributed by atoms with Crippen LogP contribution in [0.1, 0.15) is 58.0 Å². The van der Waals surface area contributed by atoms with Gasteiger partial charge in [0, 0.05) is 10.3 Å². The van der Waals surface area contributed by atoms with Gasteiger partial charge in [0.05, 0.1) is 10.6 Å². The zero-order chi connectivity index (χ0) is 14.1. The van der Waals surface area contributed by atoms with Crippen molar-refractivity contribution < 1.29 is 0 Å². The topological polar surface area (TPSA) is 12.9 Å². The van der Waals surface area contributed by atoms with Gasteiger partial charge in [-0.05, 0) is 25.0 Å². The summed E-state index contributed by atoms with van der Waals surface area (Å²) < 4.78 is 0. The lowest BCUT2D eigenvalue weighted by atomic mass is 10.2. The van der Waals surface area contributed by atoms with Crippen LogP contribution in [0.4, 0.5) is 0 Å². The van der Waals surface area contributed by atoms with Crippen molar-refractivity contribution >= 4 is 22.7 Å². The predicted octanol–water partition coefficient (Wildman–Crippen LogP) is 6.36. The predicted molar refractivity (Wildman–Crippen MR) is 86.9 cm³/mol. The van der Waals surface area contributed by atoms with Crippen LogP contribution >= 0.6 is 22.7 Å². The molecule has 0 N–H and O–H groups in total. The third kappa shape index (κ3) is 4.91. The summed E-state index contributed by atoms with van der Waals surface area (Å²) in [5.74, 6) is 0.529. The van der Waals surface area contributed by atoms with Crippen LogP contribution in [0, 0.1) is 6.92 Å². The highest BCUT2D eigenvalue weighted by Crippen LogP contribution is 2.31. The molecule has 0 fully saturated rings. The maximum absolute atomic E-state index is 4.62. The molecule has 3 heteroatoms. The highest BCUT2D eigenvalue weighted by atomic mass is 32.1. The molecule has 102 valence electrons. The second-order valence-electron chi connectivity index (χ2n) is 3.64. The van der Waals surface area contributed by atoms with Gasteiger partial charge < -0.3 is 0 Å². The van der Waals surface area contributed by atoms with Crippen LogP contribution in [0.2, 0.25) is 0 Å². The number of thiophene rings is 1. The van der Waals surface area contributed by atoms with Gasteiger partial charge in [0.15, 0.2) is 0 Å². The summed E-state index contributed by atoms with van der Waals surface area (Å²) in [4.78, 5) is 7.26. The smallest absolute Gasteiger partial charge is 0.133 e. The number of hydrogen-bond donors (Lipinski definition) is 0. The molecule has 2 heterocycles. The van der Waals surface area contributed by atoms with Crippen LogP contribution < -0.4 is 0 Å². The number of aromatic nitrogens is 1. The Morgan fingerprint density at radius 1 is 1.06 bits per heavy atom. The van der Waals surface area contributed by atoms with Crippen molar-refractivity contribution in [3.8, 4) is 9.88 Å². The largest absolute Gasteiger partial charge is 0.240 e. The fourth-order valence-electron chi connectivity index (χ4n) is 1.21. The van der Waals surface area contributed by atoms with E-state index in [0.717, 1.165) is 5.01 Å². The lowest BCUT2D eigenvalue weighted by molar-refractivity contribution is 0.834. The standard InChI is InChI=1S/C11H13NS2.2C2H6/c1-7(2)9-6-13-11(12-9)10-5-4-8(3)14-10;2*1-2/h4-7H,1-3H3;2*1-2H3. The highest BCUT2D eigenvalue weighted by molar-refractivity contribution is 7.21. The zero-order valence-electron chi connectivity index (χ0n) is 12.6. The number of nitrogens with zero attached hydrogens (tertiary/aromatic N) is 1. The summed E-state index contributed by atoms with van der Waals surface area (Å²) in [7, 11) is 0. The normalized spacial score (nSPS) is 9.33. The van der Waals surface area contributed by atoms with Crippen molar-refractivity contribution in [3.05, 3.63) is 28.1 Å². The first-order valence-electron chi connectivity index (χ1n) is 6.69. The molecule has 0 atom stereocenters. The molecule has 0 bridgehead atoms. The van der Waals surface area contributed by atoms with E-state index in [9.17, 15) is 0 Å². The molecule has 0 aliphatic heterocycles. The Labute approximate surface area is 120 Å². The monoisotopic (exact) mass is 283 g/mol. The lowest BCUT2D eigenvalue weighted by Gasteiger charge is -1.96. The van der Waals surface area contributed by atoms with Crippen LogP contribution in [0.25, 0.3) is 9.88 Å². The average Bonchev–Trinajstić information content (AvgIpc) is 3.02. The van der Waals surface area contributed by atoms with Gasteiger partial charge >= 0.3 is 0 Å². The maximum Gasteiger partial charge on any atom is 0.133 e. The van der Waals surface area contributed by atoms with Gasteiger partial charge in [0.2, 0.25) is 0 Å². The van der Waals surface area contributed by atoms with Crippen LogP contribution in [-0.2, 0) is 0 Å². The van der Waals surface area contributed by atoms with Crippen LogP contribution in [0.5, 0.6) is 0 Å².